The molecule has 3 nitrogen and oxygen atoms in total. The Labute approximate surface area is 86.4 Å². The minimum Gasteiger partial charge on any atom is -0.469 e. The third-order valence-corrected chi connectivity index (χ3v) is 2.80. The van der Waals surface area contributed by atoms with Gasteiger partial charge < -0.3 is 9.64 Å². The maximum Gasteiger partial charge on any atom is 0.306 e. The molecule has 2 atom stereocenters. The smallest absolute Gasteiger partial charge is 0.306 e. The maximum atomic E-state index is 11.0. The second-order valence-electron chi connectivity index (χ2n) is 4.53. The number of likely N-dealkylation sites (tertiary alicyclic amines) is 1. The molecule has 3 heteroatoms. The van der Waals surface area contributed by atoms with Gasteiger partial charge in [0, 0.05) is 19.6 Å². The highest BCUT2D eigenvalue weighted by Crippen LogP contribution is 2.20. The second kappa shape index (κ2) is 5.35. The molecule has 1 aliphatic rings. The fourth-order valence-electron chi connectivity index (χ4n) is 2.33. The third kappa shape index (κ3) is 3.66. The first-order valence-corrected chi connectivity index (χ1v) is 5.41. The molecule has 1 fully saturated rings. The van der Waals surface area contributed by atoms with E-state index in [1.165, 1.54) is 13.5 Å². The minimum absolute atomic E-state index is 0.101. The van der Waals surface area contributed by atoms with Crippen LogP contribution in [0.15, 0.2) is 0 Å². The SMILES string of the molecule is COC(=O)CCN1C[C@@H](C)C[C@H](C)C1. The Kier molecular flexibility index (Phi) is 4.39. The Hall–Kier alpha value is -0.570. The van der Waals surface area contributed by atoms with Gasteiger partial charge in [-0.15, -0.1) is 0 Å². The van der Waals surface area contributed by atoms with Gasteiger partial charge in [-0.2, -0.15) is 0 Å². The first kappa shape index (κ1) is 11.5. The fourth-order valence-corrected chi connectivity index (χ4v) is 2.33. The topological polar surface area (TPSA) is 29.5 Å². The van der Waals surface area contributed by atoms with Crippen molar-refractivity contribution in [1.29, 1.82) is 0 Å². The summed E-state index contributed by atoms with van der Waals surface area (Å²) in [6.07, 6.45) is 1.84. The van der Waals surface area contributed by atoms with Crippen molar-refractivity contribution in [3.8, 4) is 0 Å². The number of methoxy groups -OCH3 is 1. The summed E-state index contributed by atoms with van der Waals surface area (Å²) < 4.78 is 4.63. The molecular weight excluding hydrogens is 178 g/mol. The predicted octanol–water partition coefficient (Wildman–Crippen LogP) is 1.53. The molecule has 0 spiro atoms. The van der Waals surface area contributed by atoms with Gasteiger partial charge in [0.05, 0.1) is 13.5 Å². The fraction of sp³-hybridized carbons (Fsp3) is 0.909. The van der Waals surface area contributed by atoms with E-state index in [-0.39, 0.29) is 5.97 Å². The molecule has 0 aromatic rings. The van der Waals surface area contributed by atoms with Crippen molar-refractivity contribution in [2.45, 2.75) is 26.7 Å². The van der Waals surface area contributed by atoms with Gasteiger partial charge in [-0.3, -0.25) is 4.79 Å². The molecule has 0 saturated carbocycles. The Balaban J connectivity index is 2.26. The molecule has 0 amide bonds. The first-order chi connectivity index (χ1) is 6.61. The van der Waals surface area contributed by atoms with Crippen LogP contribution in [-0.2, 0) is 9.53 Å². The van der Waals surface area contributed by atoms with Gasteiger partial charge in [-0.05, 0) is 18.3 Å². The Morgan fingerprint density at radius 2 is 1.93 bits per heavy atom. The Morgan fingerprint density at radius 1 is 1.36 bits per heavy atom. The highest BCUT2D eigenvalue weighted by atomic mass is 16.5. The van der Waals surface area contributed by atoms with Crippen LogP contribution in [0.2, 0.25) is 0 Å². The van der Waals surface area contributed by atoms with Gasteiger partial charge >= 0.3 is 5.97 Å². The van der Waals surface area contributed by atoms with Gasteiger partial charge in [-0.25, -0.2) is 0 Å². The average Bonchev–Trinajstić information content (AvgIpc) is 2.12. The zero-order valence-electron chi connectivity index (χ0n) is 9.45. The molecule has 0 bridgehead atoms. The molecule has 0 aliphatic carbocycles. The number of hydrogen-bond acceptors (Lipinski definition) is 3. The van der Waals surface area contributed by atoms with Crippen molar-refractivity contribution in [3.63, 3.8) is 0 Å². The van der Waals surface area contributed by atoms with Crippen LogP contribution < -0.4 is 0 Å². The summed E-state index contributed by atoms with van der Waals surface area (Å²) >= 11 is 0. The van der Waals surface area contributed by atoms with Crippen molar-refractivity contribution < 1.29 is 9.53 Å². The van der Waals surface area contributed by atoms with E-state index in [2.05, 4.69) is 23.5 Å². The molecule has 0 radical (unpaired) electrons. The van der Waals surface area contributed by atoms with E-state index in [4.69, 9.17) is 0 Å². The first-order valence-electron chi connectivity index (χ1n) is 5.41. The summed E-state index contributed by atoms with van der Waals surface area (Å²) in [6.45, 7) is 7.66. The van der Waals surface area contributed by atoms with E-state index in [1.54, 1.807) is 0 Å². The summed E-state index contributed by atoms with van der Waals surface area (Å²) in [5.74, 6) is 1.42. The molecule has 0 N–H and O–H groups in total. The molecule has 1 heterocycles. The van der Waals surface area contributed by atoms with E-state index in [9.17, 15) is 4.79 Å². The van der Waals surface area contributed by atoms with Crippen molar-refractivity contribution in [2.75, 3.05) is 26.7 Å². The van der Waals surface area contributed by atoms with Gasteiger partial charge in [0.25, 0.3) is 0 Å². The zero-order chi connectivity index (χ0) is 10.6. The van der Waals surface area contributed by atoms with Gasteiger partial charge in [-0.1, -0.05) is 13.8 Å². The molecule has 1 saturated heterocycles. The van der Waals surface area contributed by atoms with E-state index in [1.807, 2.05) is 0 Å². The highest BCUT2D eigenvalue weighted by Gasteiger charge is 2.21. The van der Waals surface area contributed by atoms with Crippen LogP contribution in [0.4, 0.5) is 0 Å². The monoisotopic (exact) mass is 199 g/mol. The van der Waals surface area contributed by atoms with E-state index >= 15 is 0 Å². The van der Waals surface area contributed by atoms with Crippen LogP contribution >= 0.6 is 0 Å². The van der Waals surface area contributed by atoms with Crippen LogP contribution in [0.1, 0.15) is 26.7 Å². The summed E-state index contributed by atoms with van der Waals surface area (Å²) in [4.78, 5) is 13.3. The quantitative estimate of drug-likeness (QED) is 0.646. The number of esters is 1. The standard InChI is InChI=1S/C11H21NO2/c1-9-6-10(2)8-12(7-9)5-4-11(13)14-3/h9-10H,4-8H2,1-3H3/t9-,10-/m0/s1. The number of rotatable bonds is 3. The molecule has 14 heavy (non-hydrogen) atoms. The van der Waals surface area contributed by atoms with Crippen LogP contribution in [0.25, 0.3) is 0 Å². The summed E-state index contributed by atoms with van der Waals surface area (Å²) in [7, 11) is 1.45. The second-order valence-corrected chi connectivity index (χ2v) is 4.53. The maximum absolute atomic E-state index is 11.0. The normalized spacial score (nSPS) is 28.8. The lowest BCUT2D eigenvalue weighted by molar-refractivity contribution is -0.141. The van der Waals surface area contributed by atoms with Crippen molar-refractivity contribution in [2.24, 2.45) is 11.8 Å². The lowest BCUT2D eigenvalue weighted by Gasteiger charge is -2.34. The van der Waals surface area contributed by atoms with Gasteiger partial charge in [0.2, 0.25) is 0 Å². The van der Waals surface area contributed by atoms with Crippen LogP contribution in [-0.4, -0.2) is 37.6 Å². The molecule has 82 valence electrons. The number of carbonyl (C=O) groups is 1. The average molecular weight is 199 g/mol. The number of carbonyl (C=O) groups excluding carboxylic acids is 1. The van der Waals surface area contributed by atoms with Crippen molar-refractivity contribution in [1.82, 2.24) is 4.90 Å². The largest absolute Gasteiger partial charge is 0.469 e. The van der Waals surface area contributed by atoms with Crippen molar-refractivity contribution in [3.05, 3.63) is 0 Å². The Bertz CT molecular complexity index is 184. The summed E-state index contributed by atoms with van der Waals surface area (Å²) in [5.41, 5.74) is 0. The third-order valence-electron chi connectivity index (χ3n) is 2.80. The van der Waals surface area contributed by atoms with E-state index in [0.29, 0.717) is 6.42 Å². The lowest BCUT2D eigenvalue weighted by atomic mass is 9.92. The van der Waals surface area contributed by atoms with E-state index < -0.39 is 0 Å². The molecule has 0 aromatic carbocycles. The van der Waals surface area contributed by atoms with Crippen LogP contribution in [0.5, 0.6) is 0 Å². The van der Waals surface area contributed by atoms with Gasteiger partial charge in [0.15, 0.2) is 0 Å². The van der Waals surface area contributed by atoms with Gasteiger partial charge in [0.1, 0.15) is 0 Å². The molecular formula is C11H21NO2. The number of nitrogens with zero attached hydrogens (tertiary/aromatic N) is 1. The molecule has 0 unspecified atom stereocenters. The number of ether oxygens (including phenoxy) is 1. The number of piperidine rings is 1. The highest BCUT2D eigenvalue weighted by molar-refractivity contribution is 5.69. The number of hydrogen-bond donors (Lipinski definition) is 0. The van der Waals surface area contributed by atoms with E-state index in [0.717, 1.165) is 31.5 Å². The summed E-state index contributed by atoms with van der Waals surface area (Å²) in [6, 6.07) is 0. The Morgan fingerprint density at radius 3 is 2.43 bits per heavy atom. The van der Waals surface area contributed by atoms with Crippen LogP contribution in [0.3, 0.4) is 0 Å². The molecule has 1 rings (SSSR count). The molecule has 0 aromatic heterocycles. The predicted molar refractivity (Wildman–Crippen MR) is 56.0 cm³/mol. The lowest BCUT2D eigenvalue weighted by Crippen LogP contribution is -2.39. The molecule has 1 aliphatic heterocycles. The minimum atomic E-state index is -0.101. The van der Waals surface area contributed by atoms with Crippen molar-refractivity contribution >= 4 is 5.97 Å². The zero-order valence-corrected chi connectivity index (χ0v) is 9.45. The van der Waals surface area contributed by atoms with Crippen LogP contribution in [0, 0.1) is 11.8 Å². The summed E-state index contributed by atoms with van der Waals surface area (Å²) in [5, 5.41) is 0.